The lowest BCUT2D eigenvalue weighted by molar-refractivity contribution is 0.700. The first-order valence-electron chi connectivity index (χ1n) is 8.11. The van der Waals surface area contributed by atoms with Crippen LogP contribution in [0.5, 0.6) is 0 Å². The predicted molar refractivity (Wildman–Crippen MR) is 98.5 cm³/mol. The topological polar surface area (TPSA) is 66.6 Å². The van der Waals surface area contributed by atoms with Crippen LogP contribution in [0.4, 0.5) is 0 Å². The molecule has 0 amide bonds. The molecule has 3 aromatic rings. The fourth-order valence-electron chi connectivity index (χ4n) is 2.41. The van der Waals surface area contributed by atoms with Crippen LogP contribution in [0.1, 0.15) is 31.2 Å². The number of thiophene rings is 1. The Morgan fingerprint density at radius 2 is 2.21 bits per heavy atom. The molecule has 3 rings (SSSR count). The Morgan fingerprint density at radius 1 is 1.29 bits per heavy atom. The van der Waals surface area contributed by atoms with Crippen LogP contribution in [0.15, 0.2) is 46.2 Å². The molecule has 126 valence electrons. The van der Waals surface area contributed by atoms with Gasteiger partial charge in [0.2, 0.25) is 0 Å². The molecule has 0 fully saturated rings. The van der Waals surface area contributed by atoms with Gasteiger partial charge in [-0.05, 0) is 47.4 Å². The smallest absolute Gasteiger partial charge is 0.191 e. The van der Waals surface area contributed by atoms with Gasteiger partial charge in [-0.3, -0.25) is 4.40 Å². The molecule has 2 N–H and O–H groups in total. The third kappa shape index (κ3) is 3.91. The van der Waals surface area contributed by atoms with E-state index in [1.807, 2.05) is 28.8 Å². The van der Waals surface area contributed by atoms with Gasteiger partial charge in [0.25, 0.3) is 0 Å². The molecular formula is C17H22N6S. The number of hydrogen-bond donors (Lipinski definition) is 2. The van der Waals surface area contributed by atoms with Crippen LogP contribution >= 0.6 is 11.3 Å². The number of aliphatic imine (C=N–C) groups is 1. The number of rotatable bonds is 6. The minimum Gasteiger partial charge on any atom is -0.357 e. The lowest BCUT2D eigenvalue weighted by Crippen LogP contribution is -2.39. The van der Waals surface area contributed by atoms with Crippen molar-refractivity contribution in [3.63, 3.8) is 0 Å². The summed E-state index contributed by atoms with van der Waals surface area (Å²) in [4.78, 5) is 4.63. The van der Waals surface area contributed by atoms with Gasteiger partial charge in [-0.25, -0.2) is 4.99 Å². The van der Waals surface area contributed by atoms with Crippen molar-refractivity contribution in [2.24, 2.45) is 4.99 Å². The molecule has 0 aromatic carbocycles. The first-order valence-corrected chi connectivity index (χ1v) is 9.05. The van der Waals surface area contributed by atoms with Gasteiger partial charge in [0.15, 0.2) is 17.4 Å². The second kappa shape index (κ2) is 7.92. The zero-order chi connectivity index (χ0) is 16.8. The number of hydrogen-bond acceptors (Lipinski definition) is 4. The zero-order valence-electron chi connectivity index (χ0n) is 13.9. The van der Waals surface area contributed by atoms with Crippen molar-refractivity contribution in [3.8, 4) is 0 Å². The fraction of sp³-hybridized carbons (Fsp3) is 0.353. The van der Waals surface area contributed by atoms with E-state index < -0.39 is 0 Å². The molecule has 1 atom stereocenters. The average molecular weight is 342 g/mol. The maximum absolute atomic E-state index is 4.63. The Morgan fingerprint density at radius 3 is 3.00 bits per heavy atom. The molecule has 7 heteroatoms. The van der Waals surface area contributed by atoms with E-state index in [0.717, 1.165) is 30.5 Å². The maximum Gasteiger partial charge on any atom is 0.191 e. The number of fused-ring (bicyclic) bond motifs is 1. The average Bonchev–Trinajstić information content (AvgIpc) is 3.27. The highest BCUT2D eigenvalue weighted by atomic mass is 32.1. The standard InChI is InChI=1S/C17H22N6S/c1-3-18-17(19-10-13(2)14-7-9-24-12-14)20-11-16-22-21-15-6-4-5-8-23(15)16/h4-9,12-13H,3,10-11H2,1-2H3,(H2,18,19,20). The minimum absolute atomic E-state index is 0.439. The van der Waals surface area contributed by atoms with Gasteiger partial charge in [0, 0.05) is 19.3 Å². The van der Waals surface area contributed by atoms with Gasteiger partial charge in [-0.2, -0.15) is 11.3 Å². The Kier molecular flexibility index (Phi) is 5.43. The van der Waals surface area contributed by atoms with E-state index in [0.29, 0.717) is 12.5 Å². The minimum atomic E-state index is 0.439. The molecule has 0 saturated carbocycles. The molecule has 0 saturated heterocycles. The first kappa shape index (κ1) is 16.4. The van der Waals surface area contributed by atoms with Crippen LogP contribution in [0.3, 0.4) is 0 Å². The van der Waals surface area contributed by atoms with Crippen molar-refractivity contribution in [1.82, 2.24) is 25.2 Å². The summed E-state index contributed by atoms with van der Waals surface area (Å²) in [5.74, 6) is 2.06. The van der Waals surface area contributed by atoms with Crippen molar-refractivity contribution < 1.29 is 0 Å². The highest BCUT2D eigenvalue weighted by molar-refractivity contribution is 7.07. The third-order valence-corrected chi connectivity index (χ3v) is 4.50. The van der Waals surface area contributed by atoms with Crippen molar-refractivity contribution in [2.45, 2.75) is 26.3 Å². The summed E-state index contributed by atoms with van der Waals surface area (Å²) in [5.41, 5.74) is 2.19. The Hall–Kier alpha value is -2.41. The van der Waals surface area contributed by atoms with Crippen molar-refractivity contribution in [1.29, 1.82) is 0 Å². The van der Waals surface area contributed by atoms with Crippen molar-refractivity contribution >= 4 is 22.9 Å². The lowest BCUT2D eigenvalue weighted by atomic mass is 10.1. The molecule has 3 heterocycles. The largest absolute Gasteiger partial charge is 0.357 e. The summed E-state index contributed by atoms with van der Waals surface area (Å²) in [7, 11) is 0. The third-order valence-electron chi connectivity index (χ3n) is 3.80. The van der Waals surface area contributed by atoms with Crippen molar-refractivity contribution in [3.05, 3.63) is 52.6 Å². The number of aromatic nitrogens is 3. The highest BCUT2D eigenvalue weighted by Gasteiger charge is 2.08. The number of nitrogens with zero attached hydrogens (tertiary/aromatic N) is 4. The van der Waals surface area contributed by atoms with Gasteiger partial charge in [-0.1, -0.05) is 13.0 Å². The molecule has 3 aromatic heterocycles. The first-order chi connectivity index (χ1) is 11.8. The monoisotopic (exact) mass is 342 g/mol. The normalized spacial score (nSPS) is 13.2. The van der Waals surface area contributed by atoms with Crippen molar-refractivity contribution in [2.75, 3.05) is 13.1 Å². The molecule has 0 spiro atoms. The van der Waals surface area contributed by atoms with Crippen LogP contribution in [-0.4, -0.2) is 33.6 Å². The lowest BCUT2D eigenvalue weighted by Gasteiger charge is -2.15. The summed E-state index contributed by atoms with van der Waals surface area (Å²) in [6, 6.07) is 8.03. The van der Waals surface area contributed by atoms with Crippen LogP contribution in [0.25, 0.3) is 5.65 Å². The fourth-order valence-corrected chi connectivity index (χ4v) is 3.20. The number of pyridine rings is 1. The highest BCUT2D eigenvalue weighted by Crippen LogP contribution is 2.17. The maximum atomic E-state index is 4.63. The van der Waals surface area contributed by atoms with E-state index >= 15 is 0 Å². The van der Waals surface area contributed by atoms with Crippen LogP contribution < -0.4 is 10.6 Å². The second-order valence-electron chi connectivity index (χ2n) is 5.58. The van der Waals surface area contributed by atoms with E-state index in [1.54, 1.807) is 11.3 Å². The molecule has 6 nitrogen and oxygen atoms in total. The van der Waals surface area contributed by atoms with Gasteiger partial charge in [0.05, 0.1) is 0 Å². The van der Waals surface area contributed by atoms with Gasteiger partial charge in [0.1, 0.15) is 6.54 Å². The second-order valence-corrected chi connectivity index (χ2v) is 6.36. The number of nitrogens with one attached hydrogen (secondary N) is 2. The van der Waals surface area contributed by atoms with Gasteiger partial charge in [-0.15, -0.1) is 10.2 Å². The van der Waals surface area contributed by atoms with E-state index in [1.165, 1.54) is 5.56 Å². The SMILES string of the molecule is CCNC(=NCc1nnc2ccccn12)NCC(C)c1ccsc1. The van der Waals surface area contributed by atoms with E-state index in [9.17, 15) is 0 Å². The van der Waals surface area contributed by atoms with Crippen LogP contribution in [-0.2, 0) is 6.54 Å². The Balaban J connectivity index is 1.65. The van der Waals surface area contributed by atoms with Crippen LogP contribution in [0, 0.1) is 0 Å². The number of guanidine groups is 1. The summed E-state index contributed by atoms with van der Waals surface area (Å²) < 4.78 is 1.96. The van der Waals surface area contributed by atoms with E-state index in [-0.39, 0.29) is 0 Å². The molecule has 0 aliphatic heterocycles. The Bertz CT molecular complexity index is 792. The molecule has 0 aliphatic carbocycles. The molecule has 0 radical (unpaired) electrons. The Labute approximate surface area is 145 Å². The van der Waals surface area contributed by atoms with Crippen LogP contribution in [0.2, 0.25) is 0 Å². The zero-order valence-corrected chi connectivity index (χ0v) is 14.8. The quantitative estimate of drug-likeness (QED) is 0.534. The van der Waals surface area contributed by atoms with Gasteiger partial charge < -0.3 is 10.6 Å². The molecular weight excluding hydrogens is 320 g/mol. The predicted octanol–water partition coefficient (Wildman–Crippen LogP) is 2.65. The molecule has 1 unspecified atom stereocenters. The summed E-state index contributed by atoms with van der Waals surface area (Å²) >= 11 is 1.73. The summed E-state index contributed by atoms with van der Waals surface area (Å²) in [6.07, 6.45) is 1.96. The molecule has 24 heavy (non-hydrogen) atoms. The van der Waals surface area contributed by atoms with E-state index in [2.05, 4.69) is 56.5 Å². The summed E-state index contributed by atoms with van der Waals surface area (Å²) in [6.45, 7) is 6.41. The van der Waals surface area contributed by atoms with E-state index in [4.69, 9.17) is 0 Å². The molecule has 0 aliphatic rings. The summed E-state index contributed by atoms with van der Waals surface area (Å²) in [5, 5.41) is 19.4. The van der Waals surface area contributed by atoms with Gasteiger partial charge >= 0.3 is 0 Å². The molecule has 0 bridgehead atoms.